The first-order valence-electron chi connectivity index (χ1n) is 9.21. The summed E-state index contributed by atoms with van der Waals surface area (Å²) in [5, 5.41) is 9.28. The number of allylic oxidation sites excluding steroid dienone is 1. The Hall–Kier alpha value is -2.93. The lowest BCUT2D eigenvalue weighted by atomic mass is 9.94. The molecule has 0 aliphatic heterocycles. The van der Waals surface area contributed by atoms with Gasteiger partial charge in [-0.3, -0.25) is 4.79 Å². The molecule has 0 radical (unpaired) electrons. The summed E-state index contributed by atoms with van der Waals surface area (Å²) in [6, 6.07) is 12.2. The molecule has 1 amide bonds. The van der Waals surface area contributed by atoms with Crippen LogP contribution in [-0.2, 0) is 12.8 Å². The molecule has 0 saturated carbocycles. The molecule has 3 nitrogen and oxygen atoms in total. The fourth-order valence-electron chi connectivity index (χ4n) is 3.83. The van der Waals surface area contributed by atoms with Gasteiger partial charge in [-0.25, -0.2) is 4.39 Å². The van der Waals surface area contributed by atoms with E-state index in [1.54, 1.807) is 30.1 Å². The maximum absolute atomic E-state index is 13.2. The number of likely N-dealkylation sites (N-methyl/N-ethyl adjacent to an activating group) is 1. The molecule has 2 aromatic carbocycles. The summed E-state index contributed by atoms with van der Waals surface area (Å²) in [6.07, 6.45) is 5.33. The number of hydrogen-bond acceptors (Lipinski definition) is 2. The van der Waals surface area contributed by atoms with E-state index in [4.69, 9.17) is 0 Å². The maximum Gasteiger partial charge on any atom is 0.253 e. The van der Waals surface area contributed by atoms with Crippen molar-refractivity contribution >= 4 is 5.91 Å². The van der Waals surface area contributed by atoms with Crippen molar-refractivity contribution in [3.05, 3.63) is 82.7 Å². The van der Waals surface area contributed by atoms with Gasteiger partial charge in [0.05, 0.1) is 11.6 Å². The number of aryl methyl sites for hydroxylation is 1. The largest absolute Gasteiger partial charge is 0.341 e. The molecule has 1 atom stereocenters. The van der Waals surface area contributed by atoms with Crippen LogP contribution in [-0.4, -0.2) is 24.4 Å². The van der Waals surface area contributed by atoms with Gasteiger partial charge < -0.3 is 4.90 Å². The molecule has 0 bridgehead atoms. The van der Waals surface area contributed by atoms with Gasteiger partial charge in [-0.15, -0.1) is 6.58 Å². The highest BCUT2D eigenvalue weighted by Gasteiger charge is 2.24. The minimum Gasteiger partial charge on any atom is -0.341 e. The van der Waals surface area contributed by atoms with Crippen LogP contribution in [0.4, 0.5) is 4.39 Å². The van der Waals surface area contributed by atoms with Crippen molar-refractivity contribution in [3.63, 3.8) is 0 Å². The zero-order chi connectivity index (χ0) is 19.4. The smallest absolute Gasteiger partial charge is 0.253 e. The maximum atomic E-state index is 13.2. The van der Waals surface area contributed by atoms with Gasteiger partial charge in [-0.2, -0.15) is 5.26 Å². The van der Waals surface area contributed by atoms with Gasteiger partial charge in [0.1, 0.15) is 5.82 Å². The predicted molar refractivity (Wildman–Crippen MR) is 104 cm³/mol. The first-order valence-corrected chi connectivity index (χ1v) is 9.21. The normalized spacial score (nSPS) is 13.5. The Morgan fingerprint density at radius 3 is 2.74 bits per heavy atom. The third-order valence-electron chi connectivity index (χ3n) is 5.21. The lowest BCUT2D eigenvalue weighted by Gasteiger charge is -2.25. The second-order valence-corrected chi connectivity index (χ2v) is 7.09. The van der Waals surface area contributed by atoms with Gasteiger partial charge in [0.15, 0.2) is 0 Å². The van der Waals surface area contributed by atoms with Crippen molar-refractivity contribution in [2.75, 3.05) is 13.6 Å². The number of amides is 1. The molecular formula is C23H23FN2O. The predicted octanol–water partition coefficient (Wildman–Crippen LogP) is 4.62. The van der Waals surface area contributed by atoms with Crippen LogP contribution in [0.5, 0.6) is 0 Å². The van der Waals surface area contributed by atoms with E-state index in [1.807, 2.05) is 12.1 Å². The summed E-state index contributed by atoms with van der Waals surface area (Å²) in [7, 11) is 1.78. The Bertz CT molecular complexity index is 896. The summed E-state index contributed by atoms with van der Waals surface area (Å²) in [6.45, 7) is 4.31. The van der Waals surface area contributed by atoms with Gasteiger partial charge in [0.2, 0.25) is 0 Å². The van der Waals surface area contributed by atoms with E-state index in [1.165, 1.54) is 12.1 Å². The molecule has 4 heteroatoms. The van der Waals surface area contributed by atoms with Crippen molar-refractivity contribution in [2.45, 2.75) is 31.6 Å². The quantitative estimate of drug-likeness (QED) is 0.704. The number of halogens is 1. The molecule has 0 spiro atoms. The molecule has 138 valence electrons. The summed E-state index contributed by atoms with van der Waals surface area (Å²) < 4.78 is 13.2. The van der Waals surface area contributed by atoms with E-state index in [-0.39, 0.29) is 17.6 Å². The van der Waals surface area contributed by atoms with Crippen LogP contribution in [0.1, 0.15) is 51.4 Å². The molecule has 0 saturated heterocycles. The minimum absolute atomic E-state index is 0.0456. The summed E-state index contributed by atoms with van der Waals surface area (Å²) in [4.78, 5) is 14.8. The van der Waals surface area contributed by atoms with E-state index in [2.05, 4.69) is 12.6 Å². The molecule has 0 aromatic heterocycles. The van der Waals surface area contributed by atoms with Gasteiger partial charge in [0.25, 0.3) is 5.91 Å². The fourth-order valence-corrected chi connectivity index (χ4v) is 3.83. The third kappa shape index (κ3) is 4.09. The van der Waals surface area contributed by atoms with E-state index >= 15 is 0 Å². The average Bonchev–Trinajstić information content (AvgIpc) is 3.15. The second-order valence-electron chi connectivity index (χ2n) is 7.09. The summed E-state index contributed by atoms with van der Waals surface area (Å²) >= 11 is 0. The van der Waals surface area contributed by atoms with Crippen molar-refractivity contribution in [1.29, 1.82) is 5.26 Å². The van der Waals surface area contributed by atoms with E-state index < -0.39 is 0 Å². The topological polar surface area (TPSA) is 44.1 Å². The monoisotopic (exact) mass is 362 g/mol. The SMILES string of the molecule is C=CC[C@H](CN(C)C(=O)c1cc(C#N)cc2c1CCC2)c1ccc(F)cc1. The summed E-state index contributed by atoms with van der Waals surface area (Å²) in [5.74, 6) is -0.296. The van der Waals surface area contributed by atoms with Crippen LogP contribution in [0.3, 0.4) is 0 Å². The van der Waals surface area contributed by atoms with E-state index in [0.717, 1.165) is 36.0 Å². The number of nitriles is 1. The standard InChI is InChI=1S/C23H23FN2O/c1-3-5-19(17-8-10-20(24)11-9-17)15-26(2)23(27)22-13-16(14-25)12-18-6-4-7-21(18)22/h3,8-13,19H,1,4-7,15H2,2H3/t19-/m1/s1. The molecule has 27 heavy (non-hydrogen) atoms. The van der Waals surface area contributed by atoms with Gasteiger partial charge in [0, 0.05) is 25.1 Å². The number of carbonyl (C=O) groups excluding carboxylic acids is 1. The number of benzene rings is 2. The molecule has 3 rings (SSSR count). The molecule has 1 aliphatic rings. The Labute approximate surface area is 159 Å². The van der Waals surface area contributed by atoms with Crippen molar-refractivity contribution < 1.29 is 9.18 Å². The number of hydrogen-bond donors (Lipinski definition) is 0. The Morgan fingerprint density at radius 1 is 1.33 bits per heavy atom. The molecule has 0 fully saturated rings. The zero-order valence-corrected chi connectivity index (χ0v) is 15.5. The number of carbonyl (C=O) groups is 1. The molecule has 0 unspecified atom stereocenters. The molecule has 1 aliphatic carbocycles. The lowest BCUT2D eigenvalue weighted by molar-refractivity contribution is 0.0785. The minimum atomic E-state index is -0.274. The first kappa shape index (κ1) is 18.8. The average molecular weight is 362 g/mol. The van der Waals surface area contributed by atoms with Crippen LogP contribution in [0.15, 0.2) is 49.1 Å². The summed E-state index contributed by atoms with van der Waals surface area (Å²) in [5.41, 5.74) is 4.35. The number of rotatable bonds is 6. The van der Waals surface area contributed by atoms with Crippen molar-refractivity contribution in [3.8, 4) is 6.07 Å². The van der Waals surface area contributed by atoms with Crippen LogP contribution >= 0.6 is 0 Å². The highest BCUT2D eigenvalue weighted by Crippen LogP contribution is 2.29. The van der Waals surface area contributed by atoms with E-state index in [9.17, 15) is 14.4 Å². The molecule has 0 heterocycles. The van der Waals surface area contributed by atoms with Gasteiger partial charge in [-0.1, -0.05) is 18.2 Å². The van der Waals surface area contributed by atoms with Crippen LogP contribution in [0.25, 0.3) is 0 Å². The number of fused-ring (bicyclic) bond motifs is 1. The van der Waals surface area contributed by atoms with Crippen molar-refractivity contribution in [2.24, 2.45) is 0 Å². The Kier molecular flexibility index (Phi) is 5.71. The van der Waals surface area contributed by atoms with Gasteiger partial charge in [-0.05, 0) is 66.6 Å². The van der Waals surface area contributed by atoms with Crippen LogP contribution < -0.4 is 0 Å². The fraction of sp³-hybridized carbons (Fsp3) is 0.304. The highest BCUT2D eigenvalue weighted by molar-refractivity contribution is 5.96. The van der Waals surface area contributed by atoms with Crippen molar-refractivity contribution in [1.82, 2.24) is 4.90 Å². The third-order valence-corrected chi connectivity index (χ3v) is 5.21. The zero-order valence-electron chi connectivity index (χ0n) is 15.5. The molecule has 2 aromatic rings. The van der Waals surface area contributed by atoms with Gasteiger partial charge >= 0.3 is 0 Å². The highest BCUT2D eigenvalue weighted by atomic mass is 19.1. The van der Waals surface area contributed by atoms with Crippen LogP contribution in [0, 0.1) is 17.1 Å². The Morgan fingerprint density at radius 2 is 2.07 bits per heavy atom. The Balaban J connectivity index is 1.84. The lowest BCUT2D eigenvalue weighted by Crippen LogP contribution is -2.32. The molecular weight excluding hydrogens is 339 g/mol. The number of nitrogens with zero attached hydrogens (tertiary/aromatic N) is 2. The first-order chi connectivity index (χ1) is 13.0. The second kappa shape index (κ2) is 8.18. The molecule has 0 N–H and O–H groups in total. The van der Waals surface area contributed by atoms with Crippen LogP contribution in [0.2, 0.25) is 0 Å². The van der Waals surface area contributed by atoms with E-state index in [0.29, 0.717) is 24.1 Å².